The second-order valence-corrected chi connectivity index (χ2v) is 7.26. The van der Waals surface area contributed by atoms with Crippen LogP contribution in [0, 0.1) is 0 Å². The summed E-state index contributed by atoms with van der Waals surface area (Å²) in [7, 11) is 0. The highest BCUT2D eigenvalue weighted by Crippen LogP contribution is 2.11. The van der Waals surface area contributed by atoms with Crippen molar-refractivity contribution in [1.29, 1.82) is 0 Å². The predicted molar refractivity (Wildman–Crippen MR) is 106 cm³/mol. The normalized spacial score (nSPS) is 20.1. The minimum Gasteiger partial charge on any atom is -0.352 e. The zero-order valence-electron chi connectivity index (χ0n) is 15.5. The number of hydrogen-bond donors (Lipinski definition) is 2. The summed E-state index contributed by atoms with van der Waals surface area (Å²) in [6.45, 7) is 5.11. The van der Waals surface area contributed by atoms with Crippen LogP contribution in [0.1, 0.15) is 30.9 Å². The van der Waals surface area contributed by atoms with Gasteiger partial charge in [0.2, 0.25) is 5.91 Å². The van der Waals surface area contributed by atoms with Gasteiger partial charge in [0.05, 0.1) is 6.54 Å². The number of nitrogens with zero attached hydrogens (tertiary/aromatic N) is 1. The van der Waals surface area contributed by atoms with Crippen LogP contribution in [0.5, 0.6) is 0 Å². The van der Waals surface area contributed by atoms with Crippen molar-refractivity contribution >= 4 is 5.91 Å². The average Bonchev–Trinajstić information content (AvgIpc) is 2.63. The Morgan fingerprint density at radius 2 is 1.62 bits per heavy atom. The van der Waals surface area contributed by atoms with E-state index in [9.17, 15) is 4.79 Å². The summed E-state index contributed by atoms with van der Waals surface area (Å²) < 4.78 is 0. The molecule has 0 aliphatic carbocycles. The zero-order chi connectivity index (χ0) is 18.2. The van der Waals surface area contributed by atoms with E-state index in [0.717, 1.165) is 32.5 Å². The molecule has 2 N–H and O–H groups in total. The second-order valence-electron chi connectivity index (χ2n) is 7.26. The lowest BCUT2D eigenvalue weighted by atomic mass is 10.0. The lowest BCUT2D eigenvalue weighted by molar-refractivity contribution is -0.123. The lowest BCUT2D eigenvalue weighted by Gasteiger charge is -2.30. The number of rotatable bonds is 7. The fourth-order valence-electron chi connectivity index (χ4n) is 3.59. The maximum atomic E-state index is 12.6. The van der Waals surface area contributed by atoms with E-state index in [-0.39, 0.29) is 11.9 Å². The van der Waals surface area contributed by atoms with Crippen LogP contribution < -0.4 is 10.6 Å². The minimum atomic E-state index is 0.121. The van der Waals surface area contributed by atoms with Gasteiger partial charge < -0.3 is 10.6 Å². The van der Waals surface area contributed by atoms with Crippen molar-refractivity contribution in [3.8, 4) is 0 Å². The summed E-state index contributed by atoms with van der Waals surface area (Å²) in [5.74, 6) is 0.121. The van der Waals surface area contributed by atoms with Gasteiger partial charge in [0.15, 0.2) is 0 Å². The van der Waals surface area contributed by atoms with Crippen LogP contribution in [0.3, 0.4) is 0 Å². The van der Waals surface area contributed by atoms with Gasteiger partial charge >= 0.3 is 0 Å². The monoisotopic (exact) mass is 351 g/mol. The van der Waals surface area contributed by atoms with Crippen molar-refractivity contribution in [3.05, 3.63) is 71.8 Å². The van der Waals surface area contributed by atoms with Crippen LogP contribution in [0.4, 0.5) is 0 Å². The number of amides is 1. The Kier molecular flexibility index (Phi) is 6.81. The van der Waals surface area contributed by atoms with Gasteiger partial charge in [0, 0.05) is 25.2 Å². The number of nitrogens with one attached hydrogen (secondary N) is 2. The molecule has 1 aliphatic heterocycles. The van der Waals surface area contributed by atoms with Crippen molar-refractivity contribution < 1.29 is 4.79 Å². The quantitative estimate of drug-likeness (QED) is 0.806. The van der Waals surface area contributed by atoms with Crippen LogP contribution >= 0.6 is 0 Å². The van der Waals surface area contributed by atoms with Crippen molar-refractivity contribution in [1.82, 2.24) is 15.5 Å². The van der Waals surface area contributed by atoms with Gasteiger partial charge in [-0.25, -0.2) is 0 Å². The summed E-state index contributed by atoms with van der Waals surface area (Å²) in [4.78, 5) is 14.8. The topological polar surface area (TPSA) is 44.4 Å². The van der Waals surface area contributed by atoms with E-state index in [2.05, 4.69) is 46.7 Å². The first kappa shape index (κ1) is 18.6. The molecule has 0 bridgehead atoms. The summed E-state index contributed by atoms with van der Waals surface area (Å²) >= 11 is 0. The molecule has 2 aromatic carbocycles. The van der Waals surface area contributed by atoms with Crippen molar-refractivity contribution in [2.75, 3.05) is 13.1 Å². The van der Waals surface area contributed by atoms with E-state index in [1.54, 1.807) is 0 Å². The van der Waals surface area contributed by atoms with E-state index in [4.69, 9.17) is 0 Å². The zero-order valence-corrected chi connectivity index (χ0v) is 15.5. The van der Waals surface area contributed by atoms with Crippen LogP contribution in [0.15, 0.2) is 60.7 Å². The summed E-state index contributed by atoms with van der Waals surface area (Å²) in [6.07, 6.45) is 2.01. The largest absolute Gasteiger partial charge is 0.352 e. The van der Waals surface area contributed by atoms with E-state index in [1.165, 1.54) is 11.1 Å². The van der Waals surface area contributed by atoms with Gasteiger partial charge in [-0.2, -0.15) is 0 Å². The molecule has 1 aliphatic rings. The number of benzene rings is 2. The first-order chi connectivity index (χ1) is 12.7. The number of piperidine rings is 1. The van der Waals surface area contributed by atoms with Crippen molar-refractivity contribution in [2.45, 2.75) is 44.9 Å². The minimum absolute atomic E-state index is 0.121. The first-order valence-corrected chi connectivity index (χ1v) is 9.52. The van der Waals surface area contributed by atoms with Gasteiger partial charge in [-0.05, 0) is 37.4 Å². The van der Waals surface area contributed by atoms with E-state index in [1.807, 2.05) is 36.4 Å². The Morgan fingerprint density at radius 1 is 1.04 bits per heavy atom. The third kappa shape index (κ3) is 5.97. The second kappa shape index (κ2) is 9.51. The molecule has 4 heteroatoms. The standard InChI is InChI=1S/C22H29N3O/c1-18-14-21(12-13-23-18)24-22(26)17-25(15-19-8-4-2-5-9-19)16-20-10-6-3-7-11-20/h2-11,18,21,23H,12-17H2,1H3,(H,24,26). The number of carbonyl (C=O) groups is 1. The number of hydrogen-bond acceptors (Lipinski definition) is 3. The lowest BCUT2D eigenvalue weighted by Crippen LogP contribution is -2.48. The molecule has 2 atom stereocenters. The average molecular weight is 351 g/mol. The van der Waals surface area contributed by atoms with Gasteiger partial charge in [-0.1, -0.05) is 60.7 Å². The van der Waals surface area contributed by atoms with Gasteiger partial charge in [-0.3, -0.25) is 9.69 Å². The maximum absolute atomic E-state index is 12.6. The molecule has 2 unspecified atom stereocenters. The Bertz CT molecular complexity index is 633. The molecule has 0 radical (unpaired) electrons. The molecule has 2 aromatic rings. The molecular formula is C22H29N3O. The van der Waals surface area contributed by atoms with Crippen molar-refractivity contribution in [3.63, 3.8) is 0 Å². The molecule has 1 fully saturated rings. The van der Waals surface area contributed by atoms with Crippen LogP contribution in [0.2, 0.25) is 0 Å². The molecule has 3 rings (SSSR count). The number of carbonyl (C=O) groups excluding carboxylic acids is 1. The molecule has 1 heterocycles. The molecule has 1 saturated heterocycles. The van der Waals surface area contributed by atoms with Gasteiger partial charge in [0.25, 0.3) is 0 Å². The van der Waals surface area contributed by atoms with Gasteiger partial charge in [-0.15, -0.1) is 0 Å². The Hall–Kier alpha value is -2.17. The van der Waals surface area contributed by atoms with Gasteiger partial charge in [0.1, 0.15) is 0 Å². The molecule has 0 saturated carbocycles. The fraction of sp³-hybridized carbons (Fsp3) is 0.409. The fourth-order valence-corrected chi connectivity index (χ4v) is 3.59. The van der Waals surface area contributed by atoms with Crippen LogP contribution in [-0.4, -0.2) is 36.0 Å². The van der Waals surface area contributed by atoms with E-state index < -0.39 is 0 Å². The highest BCUT2D eigenvalue weighted by atomic mass is 16.2. The summed E-state index contributed by atoms with van der Waals surface area (Å²) in [6, 6.07) is 21.5. The molecule has 138 valence electrons. The maximum Gasteiger partial charge on any atom is 0.234 e. The Balaban J connectivity index is 1.61. The molecule has 0 spiro atoms. The first-order valence-electron chi connectivity index (χ1n) is 9.52. The SMILES string of the molecule is CC1CC(NC(=O)CN(Cc2ccccc2)Cc2ccccc2)CCN1. The smallest absolute Gasteiger partial charge is 0.234 e. The summed E-state index contributed by atoms with van der Waals surface area (Å²) in [5.41, 5.74) is 2.46. The predicted octanol–water partition coefficient (Wildman–Crippen LogP) is 2.95. The molecule has 0 aromatic heterocycles. The van der Waals surface area contributed by atoms with E-state index in [0.29, 0.717) is 12.6 Å². The molecule has 26 heavy (non-hydrogen) atoms. The third-order valence-electron chi connectivity index (χ3n) is 4.85. The highest BCUT2D eigenvalue weighted by molar-refractivity contribution is 5.78. The third-order valence-corrected chi connectivity index (χ3v) is 4.85. The Labute approximate surface area is 156 Å². The Morgan fingerprint density at radius 3 is 2.15 bits per heavy atom. The molecular weight excluding hydrogens is 322 g/mol. The van der Waals surface area contributed by atoms with E-state index >= 15 is 0 Å². The molecule has 4 nitrogen and oxygen atoms in total. The van der Waals surface area contributed by atoms with Crippen LogP contribution in [0.25, 0.3) is 0 Å². The molecule has 1 amide bonds. The highest BCUT2D eigenvalue weighted by Gasteiger charge is 2.21. The van der Waals surface area contributed by atoms with Crippen molar-refractivity contribution in [2.24, 2.45) is 0 Å². The summed E-state index contributed by atoms with van der Waals surface area (Å²) in [5, 5.41) is 6.66. The van der Waals surface area contributed by atoms with Crippen LogP contribution in [-0.2, 0) is 17.9 Å².